The van der Waals surface area contributed by atoms with Crippen molar-refractivity contribution in [3.63, 3.8) is 0 Å². The second-order valence-corrected chi connectivity index (χ2v) is 3.18. The number of carbonyl (C=O) groups excluding carboxylic acids is 2. The lowest BCUT2D eigenvalue weighted by molar-refractivity contribution is -0.325. The second-order valence-electron chi connectivity index (χ2n) is 3.18. The molecule has 0 bridgehead atoms. The summed E-state index contributed by atoms with van der Waals surface area (Å²) in [7, 11) is 0. The standard InChI is InChI=1S/C8H8O5/c9-7(10)3-1-5-6(13-5)2-4(3)8(11)12/h1,3-4,6H,2H2,(H,9,10)(H,11,12)/p-2. The lowest BCUT2D eigenvalue weighted by Crippen LogP contribution is -2.44. The molecule has 1 fully saturated rings. The monoisotopic (exact) mass is 182 g/mol. The Morgan fingerprint density at radius 3 is 2.62 bits per heavy atom. The largest absolute Gasteiger partial charge is 0.550 e. The third-order valence-electron chi connectivity index (χ3n) is 2.36. The molecule has 13 heavy (non-hydrogen) atoms. The highest BCUT2D eigenvalue weighted by molar-refractivity contribution is 5.80. The average molecular weight is 182 g/mol. The fourth-order valence-corrected chi connectivity index (χ4v) is 1.59. The van der Waals surface area contributed by atoms with E-state index in [1.807, 2.05) is 0 Å². The van der Waals surface area contributed by atoms with Gasteiger partial charge in [-0.25, -0.2) is 0 Å². The number of carbonyl (C=O) groups is 2. The molecule has 0 spiro atoms. The number of hydrogen-bond donors (Lipinski definition) is 0. The fraction of sp³-hybridized carbons (Fsp3) is 0.500. The number of hydrogen-bond acceptors (Lipinski definition) is 5. The Kier molecular flexibility index (Phi) is 1.55. The van der Waals surface area contributed by atoms with E-state index in [0.717, 1.165) is 0 Å². The van der Waals surface area contributed by atoms with E-state index < -0.39 is 23.8 Å². The van der Waals surface area contributed by atoms with Gasteiger partial charge in [0, 0.05) is 30.2 Å². The van der Waals surface area contributed by atoms with Gasteiger partial charge in [0.15, 0.2) is 6.10 Å². The average Bonchev–Trinajstić information content (AvgIpc) is 2.78. The van der Waals surface area contributed by atoms with E-state index in [-0.39, 0.29) is 12.5 Å². The molecule has 0 aromatic heterocycles. The van der Waals surface area contributed by atoms with Crippen LogP contribution in [-0.4, -0.2) is 18.0 Å². The van der Waals surface area contributed by atoms with Crippen LogP contribution in [0.3, 0.4) is 0 Å². The number of epoxide rings is 1. The molecule has 1 aliphatic carbocycles. The zero-order valence-electron chi connectivity index (χ0n) is 6.56. The van der Waals surface area contributed by atoms with Crippen LogP contribution < -0.4 is 10.2 Å². The Labute approximate surface area is 73.6 Å². The molecule has 5 nitrogen and oxygen atoms in total. The van der Waals surface area contributed by atoms with E-state index in [0.29, 0.717) is 5.76 Å². The first-order valence-electron chi connectivity index (χ1n) is 3.89. The van der Waals surface area contributed by atoms with Gasteiger partial charge in [0.2, 0.25) is 0 Å². The molecular formula is C8H6O5-2. The molecule has 0 aromatic rings. The molecular weight excluding hydrogens is 176 g/mol. The summed E-state index contributed by atoms with van der Waals surface area (Å²) in [6.07, 6.45) is 1.26. The summed E-state index contributed by atoms with van der Waals surface area (Å²) in [5.41, 5.74) is 0. The first kappa shape index (κ1) is 8.10. The predicted molar refractivity (Wildman–Crippen MR) is 34.6 cm³/mol. The Bertz CT molecular complexity index is 306. The van der Waals surface area contributed by atoms with Crippen LogP contribution in [0.5, 0.6) is 0 Å². The van der Waals surface area contributed by atoms with Crippen molar-refractivity contribution in [3.8, 4) is 0 Å². The van der Waals surface area contributed by atoms with Crippen molar-refractivity contribution in [2.75, 3.05) is 0 Å². The Morgan fingerprint density at radius 1 is 1.38 bits per heavy atom. The van der Waals surface area contributed by atoms with Crippen LogP contribution in [0.15, 0.2) is 11.8 Å². The van der Waals surface area contributed by atoms with E-state index >= 15 is 0 Å². The van der Waals surface area contributed by atoms with E-state index in [2.05, 4.69) is 0 Å². The molecule has 0 saturated carbocycles. The zero-order chi connectivity index (χ0) is 9.59. The highest BCUT2D eigenvalue weighted by atomic mass is 16.6. The van der Waals surface area contributed by atoms with Crippen molar-refractivity contribution < 1.29 is 24.5 Å². The summed E-state index contributed by atoms with van der Waals surface area (Å²) in [4.78, 5) is 21.1. The van der Waals surface area contributed by atoms with Crippen molar-refractivity contribution in [1.82, 2.24) is 0 Å². The van der Waals surface area contributed by atoms with Crippen LogP contribution >= 0.6 is 0 Å². The lowest BCUT2D eigenvalue weighted by Gasteiger charge is -2.26. The second kappa shape index (κ2) is 2.48. The molecule has 2 aliphatic rings. The minimum Gasteiger partial charge on any atom is -0.550 e. The molecule has 0 N–H and O–H groups in total. The number of aliphatic carboxylic acids is 2. The molecule has 70 valence electrons. The molecule has 1 aliphatic heterocycles. The molecule has 1 saturated heterocycles. The lowest BCUT2D eigenvalue weighted by atomic mass is 9.84. The number of carboxylic acids is 2. The SMILES string of the molecule is O=C([O-])C1C=C2OC2CC1C(=O)[O-]. The number of rotatable bonds is 2. The van der Waals surface area contributed by atoms with Crippen LogP contribution in [0.4, 0.5) is 0 Å². The minimum absolute atomic E-state index is 0.173. The van der Waals surface area contributed by atoms with Gasteiger partial charge in [0.1, 0.15) is 5.76 Å². The summed E-state index contributed by atoms with van der Waals surface area (Å²) in [5, 5.41) is 21.1. The van der Waals surface area contributed by atoms with E-state index in [9.17, 15) is 19.8 Å². The molecule has 3 unspecified atom stereocenters. The molecule has 0 radical (unpaired) electrons. The fourth-order valence-electron chi connectivity index (χ4n) is 1.59. The van der Waals surface area contributed by atoms with Crippen molar-refractivity contribution in [2.24, 2.45) is 11.8 Å². The third-order valence-corrected chi connectivity index (χ3v) is 2.36. The Morgan fingerprint density at radius 2 is 2.08 bits per heavy atom. The highest BCUT2D eigenvalue weighted by Gasteiger charge is 2.43. The molecule has 0 aromatic carbocycles. The van der Waals surface area contributed by atoms with Crippen molar-refractivity contribution in [2.45, 2.75) is 12.5 Å². The molecule has 1 heterocycles. The maximum Gasteiger partial charge on any atom is 0.155 e. The quantitative estimate of drug-likeness (QED) is 0.437. The maximum absolute atomic E-state index is 10.5. The van der Waals surface area contributed by atoms with E-state index in [1.165, 1.54) is 6.08 Å². The van der Waals surface area contributed by atoms with Gasteiger partial charge in [0.05, 0.1) is 0 Å². The number of ether oxygens (including phenoxy) is 1. The topological polar surface area (TPSA) is 92.8 Å². The van der Waals surface area contributed by atoms with Crippen LogP contribution in [0.1, 0.15) is 6.42 Å². The van der Waals surface area contributed by atoms with Crippen LogP contribution in [0.25, 0.3) is 0 Å². The van der Waals surface area contributed by atoms with E-state index in [4.69, 9.17) is 4.74 Å². The smallest absolute Gasteiger partial charge is 0.155 e. The van der Waals surface area contributed by atoms with Crippen LogP contribution in [-0.2, 0) is 14.3 Å². The first-order chi connectivity index (χ1) is 6.09. The highest BCUT2D eigenvalue weighted by Crippen LogP contribution is 2.41. The van der Waals surface area contributed by atoms with Gasteiger partial charge in [-0.05, 0) is 6.08 Å². The van der Waals surface area contributed by atoms with Crippen LogP contribution in [0.2, 0.25) is 0 Å². The van der Waals surface area contributed by atoms with Crippen LogP contribution in [0, 0.1) is 11.8 Å². The van der Waals surface area contributed by atoms with Crippen molar-refractivity contribution in [3.05, 3.63) is 11.8 Å². The van der Waals surface area contributed by atoms with Gasteiger partial charge in [-0.15, -0.1) is 0 Å². The molecule has 5 heteroatoms. The molecule has 0 amide bonds. The zero-order valence-corrected chi connectivity index (χ0v) is 6.56. The Hall–Kier alpha value is -1.52. The normalized spacial score (nSPS) is 35.4. The summed E-state index contributed by atoms with van der Waals surface area (Å²) in [6.45, 7) is 0. The minimum atomic E-state index is -1.39. The van der Waals surface area contributed by atoms with Gasteiger partial charge in [-0.1, -0.05) is 0 Å². The first-order valence-corrected chi connectivity index (χ1v) is 3.89. The number of fused-ring (bicyclic) bond motifs is 1. The summed E-state index contributed by atoms with van der Waals surface area (Å²) in [5.74, 6) is -4.33. The van der Waals surface area contributed by atoms with Gasteiger partial charge in [-0.2, -0.15) is 0 Å². The summed E-state index contributed by atoms with van der Waals surface area (Å²) >= 11 is 0. The molecule has 3 atom stereocenters. The summed E-state index contributed by atoms with van der Waals surface area (Å²) < 4.78 is 4.92. The van der Waals surface area contributed by atoms with Gasteiger partial charge < -0.3 is 24.5 Å². The van der Waals surface area contributed by atoms with Gasteiger partial charge in [-0.3, -0.25) is 0 Å². The van der Waals surface area contributed by atoms with Gasteiger partial charge in [0.25, 0.3) is 0 Å². The molecule has 2 rings (SSSR count). The predicted octanol–water partition coefficient (Wildman–Crippen LogP) is -2.59. The van der Waals surface area contributed by atoms with E-state index in [1.54, 1.807) is 0 Å². The van der Waals surface area contributed by atoms with Crippen molar-refractivity contribution >= 4 is 11.9 Å². The van der Waals surface area contributed by atoms with Crippen molar-refractivity contribution in [1.29, 1.82) is 0 Å². The third kappa shape index (κ3) is 1.26. The summed E-state index contributed by atoms with van der Waals surface area (Å²) in [6, 6.07) is 0. The maximum atomic E-state index is 10.5. The number of carboxylic acid groups (broad SMARTS) is 2. The Balaban J connectivity index is 2.23. The van der Waals surface area contributed by atoms with Gasteiger partial charge >= 0.3 is 0 Å².